The van der Waals surface area contributed by atoms with Crippen LogP contribution in [0.3, 0.4) is 0 Å². The topological polar surface area (TPSA) is 90.4 Å². The maximum absolute atomic E-state index is 12.7. The molecule has 10 heteroatoms. The molecule has 0 aliphatic heterocycles. The normalized spacial score (nSPS) is 11.6. The van der Waals surface area contributed by atoms with Crippen LogP contribution in [0.1, 0.15) is 22.4 Å². The van der Waals surface area contributed by atoms with Gasteiger partial charge in [0.15, 0.2) is 5.65 Å². The molecule has 1 aromatic carbocycles. The molecule has 0 aliphatic carbocycles. The van der Waals surface area contributed by atoms with Crippen molar-refractivity contribution in [2.24, 2.45) is 5.14 Å². The van der Waals surface area contributed by atoms with Gasteiger partial charge in [0, 0.05) is 17.3 Å². The number of nitrogens with zero attached hydrogens (tertiary/aromatic N) is 3. The van der Waals surface area contributed by atoms with Crippen molar-refractivity contribution < 1.29 is 17.2 Å². The highest BCUT2D eigenvalue weighted by Gasteiger charge is 2.11. The first-order chi connectivity index (χ1) is 13.8. The maximum atomic E-state index is 12.7. The van der Waals surface area contributed by atoms with E-state index < -0.39 is 16.4 Å². The van der Waals surface area contributed by atoms with E-state index in [2.05, 4.69) is 21.9 Å². The van der Waals surface area contributed by atoms with E-state index in [1.165, 1.54) is 18.2 Å². The molecule has 2 N–H and O–H groups in total. The number of nitrogens with two attached hydrogens (primary N) is 1. The van der Waals surface area contributed by atoms with Crippen molar-refractivity contribution in [1.29, 1.82) is 0 Å². The van der Waals surface area contributed by atoms with E-state index in [1.807, 2.05) is 0 Å². The van der Waals surface area contributed by atoms with Gasteiger partial charge in [-0.3, -0.25) is 0 Å². The zero-order valence-electron chi connectivity index (χ0n) is 14.6. The Labute approximate surface area is 168 Å². The van der Waals surface area contributed by atoms with Crippen molar-refractivity contribution in [2.75, 3.05) is 0 Å². The summed E-state index contributed by atoms with van der Waals surface area (Å²) in [7, 11) is -3.76. The fourth-order valence-electron chi connectivity index (χ4n) is 2.59. The van der Waals surface area contributed by atoms with Crippen LogP contribution < -0.4 is 5.14 Å². The van der Waals surface area contributed by atoms with E-state index in [9.17, 15) is 17.2 Å². The number of hydrogen-bond acceptors (Lipinski definition) is 5. The number of halogens is 2. The van der Waals surface area contributed by atoms with Gasteiger partial charge in [-0.15, -0.1) is 11.3 Å². The number of thiophene rings is 1. The second kappa shape index (κ2) is 7.36. The van der Waals surface area contributed by atoms with E-state index in [1.54, 1.807) is 41.2 Å². The molecule has 0 saturated carbocycles. The van der Waals surface area contributed by atoms with Gasteiger partial charge in [-0.2, -0.15) is 5.10 Å². The average molecular weight is 430 g/mol. The number of benzene rings is 1. The lowest BCUT2D eigenvalue weighted by Crippen LogP contribution is -2.09. The first kappa shape index (κ1) is 19.2. The summed E-state index contributed by atoms with van der Waals surface area (Å²) >= 11 is 0.975. The SMILES string of the molecule is NS(=O)(=O)c1ccc(C#Cc2cnn3ccc(-c4ccc(C(F)F)cc4)nc23)s1. The van der Waals surface area contributed by atoms with Crippen LogP contribution in [0.2, 0.25) is 0 Å². The van der Waals surface area contributed by atoms with Gasteiger partial charge in [0.05, 0.1) is 22.3 Å². The molecule has 4 aromatic rings. The molecule has 0 fully saturated rings. The predicted molar refractivity (Wildman–Crippen MR) is 105 cm³/mol. The molecule has 3 aromatic heterocycles. The highest BCUT2D eigenvalue weighted by atomic mass is 32.2. The summed E-state index contributed by atoms with van der Waals surface area (Å²) in [5, 5.41) is 9.29. The molecular formula is C19H12F2N4O2S2. The minimum atomic E-state index is -3.76. The van der Waals surface area contributed by atoms with Gasteiger partial charge in [-0.05, 0) is 18.2 Å². The summed E-state index contributed by atoms with van der Waals surface area (Å²) < 4.78 is 49.8. The lowest BCUT2D eigenvalue weighted by molar-refractivity contribution is 0.151. The third kappa shape index (κ3) is 4.02. The monoisotopic (exact) mass is 430 g/mol. The summed E-state index contributed by atoms with van der Waals surface area (Å²) in [4.78, 5) is 5.07. The highest BCUT2D eigenvalue weighted by molar-refractivity contribution is 7.91. The Morgan fingerprint density at radius 2 is 1.83 bits per heavy atom. The van der Waals surface area contributed by atoms with Crippen LogP contribution in [0.15, 0.2) is 59.1 Å². The van der Waals surface area contributed by atoms with Crippen LogP contribution in [-0.2, 0) is 10.0 Å². The Balaban J connectivity index is 1.69. The van der Waals surface area contributed by atoms with Crippen LogP contribution in [-0.4, -0.2) is 23.0 Å². The third-order valence-electron chi connectivity index (χ3n) is 4.01. The summed E-state index contributed by atoms with van der Waals surface area (Å²) in [5.41, 5.74) is 2.26. The smallest absolute Gasteiger partial charge is 0.227 e. The van der Waals surface area contributed by atoms with Gasteiger partial charge in [0.25, 0.3) is 6.43 Å². The van der Waals surface area contributed by atoms with E-state index in [-0.39, 0.29) is 9.77 Å². The molecule has 29 heavy (non-hydrogen) atoms. The standard InChI is InChI=1S/C19H12F2N4O2S2/c20-18(21)13-3-1-12(2-4-13)16-9-10-25-19(24-16)14(11-23-25)5-6-15-7-8-17(28-15)29(22,26)27/h1-4,7-11,18H,(H2,22,26,27). The highest BCUT2D eigenvalue weighted by Crippen LogP contribution is 2.24. The number of alkyl halides is 2. The molecule has 0 spiro atoms. The van der Waals surface area contributed by atoms with Crippen molar-refractivity contribution in [2.45, 2.75) is 10.6 Å². The van der Waals surface area contributed by atoms with Gasteiger partial charge >= 0.3 is 0 Å². The Morgan fingerprint density at radius 3 is 2.48 bits per heavy atom. The largest absolute Gasteiger partial charge is 0.263 e. The van der Waals surface area contributed by atoms with Crippen molar-refractivity contribution >= 4 is 27.0 Å². The summed E-state index contributed by atoms with van der Waals surface area (Å²) in [6.07, 6.45) is 0.727. The van der Waals surface area contributed by atoms with Crippen molar-refractivity contribution in [1.82, 2.24) is 14.6 Å². The molecule has 0 bridgehead atoms. The lowest BCUT2D eigenvalue weighted by Gasteiger charge is -2.04. The van der Waals surface area contributed by atoms with Crippen LogP contribution in [0.4, 0.5) is 8.78 Å². The molecule has 0 unspecified atom stereocenters. The maximum Gasteiger partial charge on any atom is 0.263 e. The van der Waals surface area contributed by atoms with Gasteiger partial charge in [-0.25, -0.2) is 31.8 Å². The van der Waals surface area contributed by atoms with Crippen LogP contribution in [0.25, 0.3) is 16.9 Å². The van der Waals surface area contributed by atoms with Crippen molar-refractivity contribution in [3.63, 3.8) is 0 Å². The van der Waals surface area contributed by atoms with Gasteiger partial charge in [-0.1, -0.05) is 36.1 Å². The zero-order chi connectivity index (χ0) is 20.6. The molecular weight excluding hydrogens is 418 g/mol. The number of hydrogen-bond donors (Lipinski definition) is 1. The average Bonchev–Trinajstić information content (AvgIpc) is 3.33. The predicted octanol–water partition coefficient (Wildman–Crippen LogP) is 3.44. The molecule has 146 valence electrons. The fraction of sp³-hybridized carbons (Fsp3) is 0.0526. The fourth-order valence-corrected chi connectivity index (χ4v) is 4.17. The third-order valence-corrected chi connectivity index (χ3v) is 6.45. The number of sulfonamides is 1. The second-order valence-corrected chi connectivity index (χ2v) is 8.85. The van der Waals surface area contributed by atoms with Crippen LogP contribution in [0, 0.1) is 11.8 Å². The lowest BCUT2D eigenvalue weighted by atomic mass is 10.1. The molecule has 3 heterocycles. The molecule has 4 rings (SSSR count). The van der Waals surface area contributed by atoms with Crippen LogP contribution >= 0.6 is 11.3 Å². The molecule has 0 radical (unpaired) electrons. The van der Waals surface area contributed by atoms with Crippen LogP contribution in [0.5, 0.6) is 0 Å². The minimum absolute atomic E-state index is 0.0364. The quantitative estimate of drug-likeness (QED) is 0.504. The zero-order valence-corrected chi connectivity index (χ0v) is 16.2. The molecule has 0 aliphatic rings. The molecule has 0 saturated heterocycles. The summed E-state index contributed by atoms with van der Waals surface area (Å²) in [5.74, 6) is 5.81. The molecule has 0 atom stereocenters. The van der Waals surface area contributed by atoms with Gasteiger partial charge in [0.1, 0.15) is 4.21 Å². The summed E-state index contributed by atoms with van der Waals surface area (Å²) in [6, 6.07) is 10.6. The van der Waals surface area contributed by atoms with Gasteiger partial charge in [0.2, 0.25) is 10.0 Å². The van der Waals surface area contributed by atoms with E-state index in [0.29, 0.717) is 27.3 Å². The number of rotatable bonds is 3. The van der Waals surface area contributed by atoms with E-state index in [0.717, 1.165) is 11.3 Å². The van der Waals surface area contributed by atoms with E-state index in [4.69, 9.17) is 5.14 Å². The Kier molecular flexibility index (Phi) is 4.87. The second-order valence-electron chi connectivity index (χ2n) is 5.98. The first-order valence-electron chi connectivity index (χ1n) is 8.19. The summed E-state index contributed by atoms with van der Waals surface area (Å²) in [6.45, 7) is 0. The number of primary sulfonamides is 1. The Hall–Kier alpha value is -3.13. The van der Waals surface area contributed by atoms with Crippen molar-refractivity contribution in [3.8, 4) is 23.1 Å². The molecule has 0 amide bonds. The molecule has 6 nitrogen and oxygen atoms in total. The minimum Gasteiger partial charge on any atom is -0.227 e. The number of aromatic nitrogens is 3. The van der Waals surface area contributed by atoms with E-state index >= 15 is 0 Å². The Bertz CT molecular complexity index is 1360. The Morgan fingerprint density at radius 1 is 1.07 bits per heavy atom. The van der Waals surface area contributed by atoms with Gasteiger partial charge < -0.3 is 0 Å². The van der Waals surface area contributed by atoms with Crippen molar-refractivity contribution in [3.05, 3.63) is 70.9 Å². The number of fused-ring (bicyclic) bond motifs is 1. The first-order valence-corrected chi connectivity index (χ1v) is 10.5.